The number of aromatic nitrogens is 2. The van der Waals surface area contributed by atoms with Crippen LogP contribution in [-0.2, 0) is 9.53 Å². The summed E-state index contributed by atoms with van der Waals surface area (Å²) in [6.07, 6.45) is 3.57. The first-order valence-corrected chi connectivity index (χ1v) is 10.5. The lowest BCUT2D eigenvalue weighted by Crippen LogP contribution is -2.36. The van der Waals surface area contributed by atoms with Crippen LogP contribution in [0.15, 0.2) is 67.0 Å². The lowest BCUT2D eigenvalue weighted by molar-refractivity contribution is -0.143. The molecule has 2 atom stereocenters. The van der Waals surface area contributed by atoms with Crippen LogP contribution < -0.4 is 5.32 Å². The van der Waals surface area contributed by atoms with E-state index in [1.165, 1.54) is 0 Å². The van der Waals surface area contributed by atoms with Crippen LogP contribution in [0.3, 0.4) is 0 Å². The van der Waals surface area contributed by atoms with Crippen molar-refractivity contribution in [1.82, 2.24) is 19.8 Å². The van der Waals surface area contributed by atoms with Gasteiger partial charge in [-0.05, 0) is 61.6 Å². The number of pyridine rings is 1. The largest absolute Gasteiger partial charge is 0.478 e. The lowest BCUT2D eigenvalue weighted by atomic mass is 10.0. The minimum Gasteiger partial charge on any atom is -0.478 e. The van der Waals surface area contributed by atoms with Crippen molar-refractivity contribution >= 4 is 29.3 Å². The first-order valence-electron chi connectivity index (χ1n) is 10.1. The Morgan fingerprint density at radius 2 is 2.03 bits per heavy atom. The maximum absolute atomic E-state index is 12.3. The van der Waals surface area contributed by atoms with Crippen LogP contribution in [0.5, 0.6) is 0 Å². The van der Waals surface area contributed by atoms with Crippen LogP contribution in [0, 0.1) is 0 Å². The number of carbonyl (C=O) groups excluding carboxylic acids is 1. The molecule has 1 aliphatic rings. The molecule has 1 aliphatic heterocycles. The summed E-state index contributed by atoms with van der Waals surface area (Å²) in [4.78, 5) is 30.1. The van der Waals surface area contributed by atoms with Gasteiger partial charge in [-0.25, -0.2) is 4.79 Å². The van der Waals surface area contributed by atoms with Gasteiger partial charge in [-0.1, -0.05) is 12.1 Å². The molecule has 1 saturated heterocycles. The Kier molecular flexibility index (Phi) is 6.18. The third-order valence-corrected chi connectivity index (χ3v) is 5.61. The van der Waals surface area contributed by atoms with E-state index in [4.69, 9.17) is 17.0 Å². The van der Waals surface area contributed by atoms with E-state index in [9.17, 15) is 14.7 Å². The Morgan fingerprint density at radius 1 is 1.19 bits per heavy atom. The van der Waals surface area contributed by atoms with Gasteiger partial charge in [0.1, 0.15) is 6.54 Å². The van der Waals surface area contributed by atoms with Crippen molar-refractivity contribution in [3.63, 3.8) is 0 Å². The third kappa shape index (κ3) is 4.19. The second-order valence-electron chi connectivity index (χ2n) is 7.22. The summed E-state index contributed by atoms with van der Waals surface area (Å²) in [5.74, 6) is -1.38. The number of nitrogens with one attached hydrogen (secondary N) is 1. The molecule has 2 N–H and O–H groups in total. The molecule has 8 nitrogen and oxygen atoms in total. The van der Waals surface area contributed by atoms with Crippen molar-refractivity contribution < 1.29 is 19.4 Å². The zero-order chi connectivity index (χ0) is 22.7. The molecule has 3 aromatic rings. The van der Waals surface area contributed by atoms with Crippen molar-refractivity contribution in [3.8, 4) is 5.69 Å². The Balaban J connectivity index is 1.79. The second-order valence-corrected chi connectivity index (χ2v) is 7.60. The molecular formula is C23H22N4O4S. The Labute approximate surface area is 190 Å². The predicted octanol–water partition coefficient (Wildman–Crippen LogP) is 3.11. The smallest absolute Gasteiger partial charge is 0.335 e. The molecule has 1 fully saturated rings. The summed E-state index contributed by atoms with van der Waals surface area (Å²) >= 11 is 5.58. The highest BCUT2D eigenvalue weighted by Gasteiger charge is 2.42. The van der Waals surface area contributed by atoms with Crippen LogP contribution in [0.25, 0.3) is 5.69 Å². The maximum atomic E-state index is 12.3. The number of thiocarbonyl (C=S) groups is 1. The number of hydrogen-bond donors (Lipinski definition) is 2. The van der Waals surface area contributed by atoms with Gasteiger partial charge in [0.2, 0.25) is 0 Å². The molecule has 3 heterocycles. The summed E-state index contributed by atoms with van der Waals surface area (Å²) in [5.41, 5.74) is 2.49. The Hall–Kier alpha value is -3.72. The standard InChI is InChI=1S/C23H22N4O4S/c1-2-31-19(28)14-27-21(20(25-23(27)32)17-9-3-4-11-24-17)18-10-6-12-26(18)16-8-5-7-15(13-16)22(29)30/h3-13,20-21H,2,14H2,1H3,(H,25,32)(H,29,30). The molecule has 0 radical (unpaired) electrons. The van der Waals surface area contributed by atoms with Crippen LogP contribution in [0.2, 0.25) is 0 Å². The average Bonchev–Trinajstić information content (AvgIpc) is 3.39. The monoisotopic (exact) mass is 450 g/mol. The van der Waals surface area contributed by atoms with E-state index in [0.29, 0.717) is 10.8 Å². The Bertz CT molecular complexity index is 1150. The van der Waals surface area contributed by atoms with Crippen molar-refractivity contribution in [1.29, 1.82) is 0 Å². The van der Waals surface area contributed by atoms with Gasteiger partial charge in [0.15, 0.2) is 5.11 Å². The first-order chi connectivity index (χ1) is 15.5. The van der Waals surface area contributed by atoms with Gasteiger partial charge in [-0.3, -0.25) is 9.78 Å². The fraction of sp³-hybridized carbons (Fsp3) is 0.217. The number of carboxylic acid groups (broad SMARTS) is 1. The molecule has 164 valence electrons. The van der Waals surface area contributed by atoms with Crippen molar-refractivity contribution in [2.24, 2.45) is 0 Å². The molecule has 0 amide bonds. The van der Waals surface area contributed by atoms with E-state index in [1.807, 2.05) is 47.2 Å². The summed E-state index contributed by atoms with van der Waals surface area (Å²) < 4.78 is 7.06. The summed E-state index contributed by atoms with van der Waals surface area (Å²) in [6.45, 7) is 2.01. The van der Waals surface area contributed by atoms with E-state index in [-0.39, 0.29) is 36.8 Å². The molecule has 0 saturated carbocycles. The number of carboxylic acids is 1. The number of ether oxygens (including phenoxy) is 1. The Morgan fingerprint density at radius 3 is 2.75 bits per heavy atom. The van der Waals surface area contributed by atoms with Gasteiger partial charge in [-0.2, -0.15) is 0 Å². The molecule has 4 rings (SSSR count). The second kappa shape index (κ2) is 9.19. The van der Waals surface area contributed by atoms with Gasteiger partial charge in [0, 0.05) is 23.8 Å². The molecule has 2 unspecified atom stereocenters. The van der Waals surface area contributed by atoms with Crippen molar-refractivity contribution in [2.45, 2.75) is 19.0 Å². The first kappa shape index (κ1) is 21.5. The fourth-order valence-corrected chi connectivity index (χ4v) is 4.21. The minimum atomic E-state index is -1.00. The number of hydrogen-bond acceptors (Lipinski definition) is 5. The molecule has 0 spiro atoms. The molecule has 0 bridgehead atoms. The number of esters is 1. The van der Waals surface area contributed by atoms with E-state index in [0.717, 1.165) is 11.4 Å². The van der Waals surface area contributed by atoms with Gasteiger partial charge in [-0.15, -0.1) is 0 Å². The summed E-state index contributed by atoms with van der Waals surface area (Å²) in [7, 11) is 0. The van der Waals surface area contributed by atoms with Gasteiger partial charge in [0.05, 0.1) is 29.9 Å². The summed E-state index contributed by atoms with van der Waals surface area (Å²) in [5, 5.41) is 13.1. The molecular weight excluding hydrogens is 428 g/mol. The number of rotatable bonds is 7. The minimum absolute atomic E-state index is 0.0198. The van der Waals surface area contributed by atoms with Gasteiger partial charge in [0.25, 0.3) is 0 Å². The van der Waals surface area contributed by atoms with E-state index >= 15 is 0 Å². The normalized spacial score (nSPS) is 17.8. The highest BCUT2D eigenvalue weighted by atomic mass is 32.1. The van der Waals surface area contributed by atoms with Crippen LogP contribution in [0.1, 0.15) is 40.8 Å². The molecule has 2 aromatic heterocycles. The average molecular weight is 451 g/mol. The number of benzene rings is 1. The zero-order valence-corrected chi connectivity index (χ0v) is 18.2. The van der Waals surface area contributed by atoms with Crippen LogP contribution in [0.4, 0.5) is 0 Å². The van der Waals surface area contributed by atoms with E-state index in [2.05, 4.69) is 10.3 Å². The summed E-state index contributed by atoms with van der Waals surface area (Å²) in [6, 6.07) is 15.5. The lowest BCUT2D eigenvalue weighted by Gasteiger charge is -2.28. The van der Waals surface area contributed by atoms with Gasteiger partial charge < -0.3 is 24.6 Å². The molecule has 9 heteroatoms. The van der Waals surface area contributed by atoms with Crippen molar-refractivity contribution in [3.05, 3.63) is 83.9 Å². The molecule has 0 aliphatic carbocycles. The zero-order valence-electron chi connectivity index (χ0n) is 17.3. The topological polar surface area (TPSA) is 96.7 Å². The predicted molar refractivity (Wildman–Crippen MR) is 122 cm³/mol. The highest BCUT2D eigenvalue weighted by Crippen LogP contribution is 2.39. The molecule has 32 heavy (non-hydrogen) atoms. The molecule has 1 aromatic carbocycles. The van der Waals surface area contributed by atoms with E-state index < -0.39 is 5.97 Å². The van der Waals surface area contributed by atoms with Crippen LogP contribution in [-0.4, -0.2) is 49.8 Å². The van der Waals surface area contributed by atoms with Gasteiger partial charge >= 0.3 is 11.9 Å². The van der Waals surface area contributed by atoms with Crippen LogP contribution >= 0.6 is 12.2 Å². The quantitative estimate of drug-likeness (QED) is 0.419. The van der Waals surface area contributed by atoms with Crippen molar-refractivity contribution in [2.75, 3.05) is 13.2 Å². The SMILES string of the molecule is CCOC(=O)CN1C(=S)NC(c2ccccn2)C1c1cccn1-c1cccc(C(=O)O)c1. The third-order valence-electron chi connectivity index (χ3n) is 5.26. The number of carbonyl (C=O) groups is 2. The number of nitrogens with zero attached hydrogens (tertiary/aromatic N) is 3. The fourth-order valence-electron chi connectivity index (χ4n) is 3.90. The number of aromatic carboxylic acids is 1. The maximum Gasteiger partial charge on any atom is 0.335 e. The highest BCUT2D eigenvalue weighted by molar-refractivity contribution is 7.80. The van der Waals surface area contributed by atoms with E-state index in [1.54, 1.807) is 36.2 Å².